The monoisotopic (exact) mass is 484 g/mol. The molecule has 1 aromatic heterocycles. The molecule has 1 fully saturated rings. The number of nitrogens with zero attached hydrogens (tertiary/aromatic N) is 4. The van der Waals surface area contributed by atoms with E-state index in [4.69, 9.17) is 4.98 Å². The molecule has 0 atom stereocenters. The summed E-state index contributed by atoms with van der Waals surface area (Å²) in [6.07, 6.45) is 2.65. The highest BCUT2D eigenvalue weighted by molar-refractivity contribution is 6.04. The first kappa shape index (κ1) is 25.6. The van der Waals surface area contributed by atoms with Crippen LogP contribution >= 0.6 is 0 Å². The number of likely N-dealkylation sites (N-methyl/N-ethyl adjacent to an activating group) is 2. The van der Waals surface area contributed by atoms with Crippen LogP contribution in [0.4, 0.5) is 11.5 Å². The van der Waals surface area contributed by atoms with Gasteiger partial charge in [0.05, 0.1) is 17.3 Å². The lowest BCUT2D eigenvalue weighted by Crippen LogP contribution is -2.45. The van der Waals surface area contributed by atoms with Gasteiger partial charge in [-0.1, -0.05) is 53.6 Å². The fourth-order valence-corrected chi connectivity index (χ4v) is 4.96. The third-order valence-corrected chi connectivity index (χ3v) is 7.22. The van der Waals surface area contributed by atoms with Crippen molar-refractivity contribution in [2.24, 2.45) is 0 Å². The van der Waals surface area contributed by atoms with Crippen LogP contribution in [0.25, 0.3) is 11.1 Å². The molecular weight excluding hydrogens is 448 g/mol. The molecule has 1 aliphatic heterocycles. The van der Waals surface area contributed by atoms with E-state index in [9.17, 15) is 9.59 Å². The fraction of sp³-hybridized carbons (Fsp3) is 0.367. The standard InChI is InChI=1S/C30H36N4O2/c1-21-15-22(2)17-24(16-21)30(3,4)29(36)33(6)27-19-31-28(34-13-11-32(5)12-14-34)18-26(27)25-10-8-7-9-23(25)20-35/h7-10,15-20H,11-14H2,1-6H3. The number of aldehydes is 1. The molecule has 1 amide bonds. The van der Waals surface area contributed by atoms with Crippen LogP contribution in [0, 0.1) is 13.8 Å². The van der Waals surface area contributed by atoms with Crippen molar-refractivity contribution in [3.8, 4) is 11.1 Å². The number of piperazine rings is 1. The number of hydrogen-bond donors (Lipinski definition) is 0. The van der Waals surface area contributed by atoms with E-state index < -0.39 is 5.41 Å². The molecule has 3 aromatic rings. The summed E-state index contributed by atoms with van der Waals surface area (Å²) in [6.45, 7) is 11.7. The van der Waals surface area contributed by atoms with Gasteiger partial charge in [0, 0.05) is 44.4 Å². The van der Waals surface area contributed by atoms with Gasteiger partial charge in [0.15, 0.2) is 6.29 Å². The average Bonchev–Trinajstić information content (AvgIpc) is 2.87. The highest BCUT2D eigenvalue weighted by atomic mass is 16.2. The lowest BCUT2D eigenvalue weighted by molar-refractivity contribution is -0.122. The minimum absolute atomic E-state index is 0.0357. The number of carbonyl (C=O) groups is 2. The van der Waals surface area contributed by atoms with E-state index in [0.29, 0.717) is 11.3 Å². The van der Waals surface area contributed by atoms with Crippen LogP contribution in [0.3, 0.4) is 0 Å². The topological polar surface area (TPSA) is 56.8 Å². The largest absolute Gasteiger partial charge is 0.354 e. The number of anilines is 2. The summed E-state index contributed by atoms with van der Waals surface area (Å²) in [6, 6.07) is 15.8. The number of aryl methyl sites for hydroxylation is 2. The zero-order valence-electron chi connectivity index (χ0n) is 22.2. The Morgan fingerprint density at radius 1 is 0.972 bits per heavy atom. The second kappa shape index (κ2) is 10.2. The Morgan fingerprint density at radius 3 is 2.25 bits per heavy atom. The van der Waals surface area contributed by atoms with Gasteiger partial charge in [-0.25, -0.2) is 4.98 Å². The Morgan fingerprint density at radius 2 is 1.61 bits per heavy atom. The van der Waals surface area contributed by atoms with Crippen LogP contribution in [-0.4, -0.2) is 62.4 Å². The Hall–Kier alpha value is -3.51. The summed E-state index contributed by atoms with van der Waals surface area (Å²) < 4.78 is 0. The summed E-state index contributed by atoms with van der Waals surface area (Å²) >= 11 is 0. The van der Waals surface area contributed by atoms with Gasteiger partial charge in [-0.2, -0.15) is 0 Å². The number of amides is 1. The van der Waals surface area contributed by atoms with Crippen molar-refractivity contribution in [3.05, 3.63) is 77.0 Å². The summed E-state index contributed by atoms with van der Waals surface area (Å²) in [5.41, 5.74) is 5.39. The highest BCUT2D eigenvalue weighted by Crippen LogP contribution is 2.37. The van der Waals surface area contributed by atoms with Crippen molar-refractivity contribution in [2.45, 2.75) is 33.1 Å². The van der Waals surface area contributed by atoms with Crippen molar-refractivity contribution in [1.82, 2.24) is 9.88 Å². The van der Waals surface area contributed by atoms with Gasteiger partial charge in [0.1, 0.15) is 5.82 Å². The highest BCUT2D eigenvalue weighted by Gasteiger charge is 2.34. The van der Waals surface area contributed by atoms with E-state index in [1.807, 2.05) is 44.2 Å². The van der Waals surface area contributed by atoms with Gasteiger partial charge in [-0.15, -0.1) is 0 Å². The molecule has 36 heavy (non-hydrogen) atoms. The summed E-state index contributed by atoms with van der Waals surface area (Å²) in [5, 5.41) is 0. The zero-order chi connectivity index (χ0) is 26.0. The third-order valence-electron chi connectivity index (χ3n) is 7.22. The number of carbonyl (C=O) groups excluding carboxylic acids is 2. The summed E-state index contributed by atoms with van der Waals surface area (Å²) in [4.78, 5) is 36.9. The van der Waals surface area contributed by atoms with Crippen LogP contribution in [-0.2, 0) is 10.2 Å². The lowest BCUT2D eigenvalue weighted by Gasteiger charge is -2.34. The van der Waals surface area contributed by atoms with E-state index >= 15 is 0 Å². The maximum atomic E-state index is 14.0. The van der Waals surface area contributed by atoms with Crippen molar-refractivity contribution in [2.75, 3.05) is 50.1 Å². The van der Waals surface area contributed by atoms with Gasteiger partial charge in [-0.3, -0.25) is 9.59 Å². The smallest absolute Gasteiger partial charge is 0.236 e. The number of rotatable bonds is 6. The van der Waals surface area contributed by atoms with Crippen molar-refractivity contribution < 1.29 is 9.59 Å². The predicted octanol–water partition coefficient (Wildman–Crippen LogP) is 4.87. The van der Waals surface area contributed by atoms with Crippen LogP contribution in [0.15, 0.2) is 54.7 Å². The molecule has 0 saturated carbocycles. The summed E-state index contributed by atoms with van der Waals surface area (Å²) in [7, 11) is 3.92. The first-order chi connectivity index (χ1) is 17.1. The molecule has 1 aliphatic rings. The first-order valence-corrected chi connectivity index (χ1v) is 12.5. The Labute approximate surface area is 214 Å². The number of benzene rings is 2. The van der Waals surface area contributed by atoms with Crippen LogP contribution in [0.1, 0.15) is 40.9 Å². The molecule has 0 spiro atoms. The number of hydrogen-bond acceptors (Lipinski definition) is 5. The normalized spacial score (nSPS) is 14.6. The molecule has 1 saturated heterocycles. The molecule has 0 N–H and O–H groups in total. The lowest BCUT2D eigenvalue weighted by atomic mass is 9.81. The Balaban J connectivity index is 1.79. The van der Waals surface area contributed by atoms with Crippen molar-refractivity contribution in [1.29, 1.82) is 0 Å². The van der Waals surface area contributed by atoms with Gasteiger partial charge < -0.3 is 14.7 Å². The van der Waals surface area contributed by atoms with Crippen molar-refractivity contribution in [3.63, 3.8) is 0 Å². The average molecular weight is 485 g/mol. The Kier molecular flexibility index (Phi) is 7.27. The van der Waals surface area contributed by atoms with Crippen molar-refractivity contribution >= 4 is 23.7 Å². The molecule has 2 aromatic carbocycles. The van der Waals surface area contributed by atoms with Gasteiger partial charge in [-0.05, 0) is 51.9 Å². The number of pyridine rings is 1. The first-order valence-electron chi connectivity index (χ1n) is 12.5. The minimum Gasteiger partial charge on any atom is -0.354 e. The Bertz CT molecular complexity index is 1260. The molecule has 0 bridgehead atoms. The second-order valence-electron chi connectivity index (χ2n) is 10.4. The molecule has 6 heteroatoms. The molecule has 0 radical (unpaired) electrons. The minimum atomic E-state index is -0.747. The molecule has 188 valence electrons. The molecule has 4 rings (SSSR count). The zero-order valence-corrected chi connectivity index (χ0v) is 22.2. The van der Waals surface area contributed by atoms with E-state index in [1.165, 1.54) is 0 Å². The van der Waals surface area contributed by atoms with Gasteiger partial charge in [0.25, 0.3) is 0 Å². The SMILES string of the molecule is Cc1cc(C)cc(C(C)(C)C(=O)N(C)c2cnc(N3CCN(C)CC3)cc2-c2ccccc2C=O)c1. The van der Waals surface area contributed by atoms with Gasteiger partial charge >= 0.3 is 0 Å². The molecular formula is C30H36N4O2. The molecule has 0 aliphatic carbocycles. The van der Waals surface area contributed by atoms with Gasteiger partial charge in [0.2, 0.25) is 5.91 Å². The third kappa shape index (κ3) is 5.05. The maximum absolute atomic E-state index is 14.0. The van der Waals surface area contributed by atoms with E-state index in [0.717, 1.165) is 66.1 Å². The van der Waals surface area contributed by atoms with Crippen LogP contribution < -0.4 is 9.80 Å². The molecule has 2 heterocycles. The van der Waals surface area contributed by atoms with Crippen LogP contribution in [0.5, 0.6) is 0 Å². The second-order valence-corrected chi connectivity index (χ2v) is 10.4. The quantitative estimate of drug-likeness (QED) is 0.467. The van der Waals surface area contributed by atoms with E-state index in [1.54, 1.807) is 18.1 Å². The molecule has 0 unspecified atom stereocenters. The fourth-order valence-electron chi connectivity index (χ4n) is 4.96. The maximum Gasteiger partial charge on any atom is 0.236 e. The predicted molar refractivity (Wildman–Crippen MR) is 147 cm³/mol. The van der Waals surface area contributed by atoms with Crippen LogP contribution in [0.2, 0.25) is 0 Å². The summed E-state index contributed by atoms with van der Waals surface area (Å²) in [5.74, 6) is 0.823. The number of aromatic nitrogens is 1. The van der Waals surface area contributed by atoms with E-state index in [-0.39, 0.29) is 5.91 Å². The van der Waals surface area contributed by atoms with E-state index in [2.05, 4.69) is 48.9 Å². The molecule has 6 nitrogen and oxygen atoms in total.